The first-order chi connectivity index (χ1) is 8.56. The van der Waals surface area contributed by atoms with Crippen LogP contribution in [0.1, 0.15) is 12.5 Å². The van der Waals surface area contributed by atoms with Gasteiger partial charge in [0.25, 0.3) is 0 Å². The van der Waals surface area contributed by atoms with E-state index in [1.54, 1.807) is 11.8 Å². The van der Waals surface area contributed by atoms with Crippen LogP contribution in [-0.2, 0) is 13.5 Å². The summed E-state index contributed by atoms with van der Waals surface area (Å²) < 4.78 is 3.09. The van der Waals surface area contributed by atoms with Crippen molar-refractivity contribution in [3.8, 4) is 0 Å². The smallest absolute Gasteiger partial charge is 0.172 e. The summed E-state index contributed by atoms with van der Waals surface area (Å²) in [5.41, 5.74) is 7.16. The van der Waals surface area contributed by atoms with Gasteiger partial charge in [0.15, 0.2) is 5.16 Å². The Balaban J connectivity index is 2.30. The highest BCUT2D eigenvalue weighted by molar-refractivity contribution is 9.10. The fourth-order valence-corrected chi connectivity index (χ4v) is 3.18. The maximum Gasteiger partial charge on any atom is 0.172 e. The molecule has 0 amide bonds. The monoisotopic (exact) mass is 325 g/mol. The van der Waals surface area contributed by atoms with Gasteiger partial charge in [-0.1, -0.05) is 33.8 Å². The fraction of sp³-hybridized carbons (Fsp3) is 0.308. The molecule has 1 heterocycles. The molecule has 18 heavy (non-hydrogen) atoms. The largest absolute Gasteiger partial charge is 0.329 e. The Morgan fingerprint density at radius 1 is 1.50 bits per heavy atom. The molecule has 1 aromatic heterocycles. The van der Waals surface area contributed by atoms with Crippen LogP contribution < -0.4 is 5.73 Å². The Labute approximate surface area is 120 Å². The Hall–Kier alpha value is -0.780. The third kappa shape index (κ3) is 3.37. The lowest BCUT2D eigenvalue weighted by molar-refractivity contribution is 0.728. The number of hydrogen-bond acceptors (Lipinski definition) is 3. The second kappa shape index (κ2) is 5.91. The first kappa shape index (κ1) is 13.6. The van der Waals surface area contributed by atoms with Crippen LogP contribution in [0.4, 0.5) is 0 Å². The van der Waals surface area contributed by atoms with Crippen molar-refractivity contribution in [2.75, 3.05) is 0 Å². The van der Waals surface area contributed by atoms with Gasteiger partial charge >= 0.3 is 0 Å². The molecule has 5 heteroatoms. The van der Waals surface area contributed by atoms with E-state index < -0.39 is 0 Å². The molecular weight excluding hydrogens is 310 g/mol. The molecule has 3 nitrogen and oxygen atoms in total. The van der Waals surface area contributed by atoms with Crippen LogP contribution >= 0.6 is 27.7 Å². The fourth-order valence-electron chi connectivity index (χ4n) is 1.69. The zero-order valence-corrected chi connectivity index (χ0v) is 12.8. The topological polar surface area (TPSA) is 43.8 Å². The first-order valence-corrected chi connectivity index (χ1v) is 7.36. The van der Waals surface area contributed by atoms with Gasteiger partial charge in [-0.2, -0.15) is 0 Å². The van der Waals surface area contributed by atoms with Crippen LogP contribution in [0, 0.1) is 0 Å². The van der Waals surface area contributed by atoms with E-state index >= 15 is 0 Å². The molecule has 0 saturated heterocycles. The second-order valence-corrected chi connectivity index (χ2v) is 6.28. The van der Waals surface area contributed by atoms with Crippen molar-refractivity contribution in [2.24, 2.45) is 12.8 Å². The number of rotatable bonds is 4. The molecule has 0 bridgehead atoms. The summed E-state index contributed by atoms with van der Waals surface area (Å²) in [5, 5.41) is 0.985. The molecule has 96 valence electrons. The zero-order valence-electron chi connectivity index (χ0n) is 10.4. The Bertz CT molecular complexity index is 537. The highest BCUT2D eigenvalue weighted by Gasteiger charge is 2.09. The molecule has 1 atom stereocenters. The van der Waals surface area contributed by atoms with E-state index in [1.165, 1.54) is 10.5 Å². The van der Waals surface area contributed by atoms with Crippen molar-refractivity contribution in [3.63, 3.8) is 0 Å². The quantitative estimate of drug-likeness (QED) is 0.938. The van der Waals surface area contributed by atoms with Gasteiger partial charge in [0.05, 0.1) is 0 Å². The number of nitrogens with two attached hydrogens (primary N) is 1. The van der Waals surface area contributed by atoms with Crippen LogP contribution in [0.3, 0.4) is 0 Å². The van der Waals surface area contributed by atoms with E-state index in [1.807, 2.05) is 30.9 Å². The SMILES string of the molecule is CC(N)Cc1ccc(Br)cc1Sc1nccn1C. The number of hydrogen-bond donors (Lipinski definition) is 1. The summed E-state index contributed by atoms with van der Waals surface area (Å²) in [5.74, 6) is 0. The Kier molecular flexibility index (Phi) is 4.48. The molecule has 1 aromatic carbocycles. The Morgan fingerprint density at radius 3 is 2.89 bits per heavy atom. The normalized spacial score (nSPS) is 12.7. The van der Waals surface area contributed by atoms with Crippen LogP contribution in [0.15, 0.2) is 45.1 Å². The van der Waals surface area contributed by atoms with E-state index in [2.05, 4.69) is 39.1 Å². The summed E-state index contributed by atoms with van der Waals surface area (Å²) in [6, 6.07) is 6.46. The van der Waals surface area contributed by atoms with E-state index in [-0.39, 0.29) is 6.04 Å². The molecule has 0 aliphatic heterocycles. The molecule has 0 saturated carbocycles. The molecule has 0 spiro atoms. The van der Waals surface area contributed by atoms with Crippen molar-refractivity contribution in [1.29, 1.82) is 0 Å². The first-order valence-electron chi connectivity index (χ1n) is 5.75. The van der Waals surface area contributed by atoms with Crippen molar-refractivity contribution in [1.82, 2.24) is 9.55 Å². The van der Waals surface area contributed by atoms with Gasteiger partial charge in [-0.05, 0) is 31.0 Å². The van der Waals surface area contributed by atoms with Crippen LogP contribution in [0.25, 0.3) is 0 Å². The molecular formula is C13H16BrN3S. The second-order valence-electron chi connectivity index (χ2n) is 4.36. The summed E-state index contributed by atoms with van der Waals surface area (Å²) in [6.45, 7) is 2.03. The zero-order chi connectivity index (χ0) is 13.1. The maximum absolute atomic E-state index is 5.89. The van der Waals surface area contributed by atoms with Gasteiger partial charge in [0, 0.05) is 34.9 Å². The van der Waals surface area contributed by atoms with Crippen molar-refractivity contribution in [3.05, 3.63) is 40.6 Å². The highest BCUT2D eigenvalue weighted by Crippen LogP contribution is 2.31. The van der Waals surface area contributed by atoms with E-state index in [0.717, 1.165) is 16.0 Å². The third-order valence-corrected chi connectivity index (χ3v) is 4.22. The van der Waals surface area contributed by atoms with E-state index in [0.29, 0.717) is 0 Å². The highest BCUT2D eigenvalue weighted by atomic mass is 79.9. The summed E-state index contributed by atoms with van der Waals surface area (Å²) in [7, 11) is 2.00. The molecule has 0 radical (unpaired) electrons. The minimum absolute atomic E-state index is 0.159. The van der Waals surface area contributed by atoms with E-state index in [9.17, 15) is 0 Å². The lowest BCUT2D eigenvalue weighted by Gasteiger charge is -2.11. The van der Waals surface area contributed by atoms with Gasteiger partial charge in [-0.25, -0.2) is 4.98 Å². The number of nitrogens with zero attached hydrogens (tertiary/aromatic N) is 2. The number of halogens is 1. The van der Waals surface area contributed by atoms with Gasteiger partial charge < -0.3 is 10.3 Å². The molecule has 2 N–H and O–H groups in total. The average Bonchev–Trinajstić information content (AvgIpc) is 2.68. The number of imidazole rings is 1. The molecule has 2 aromatic rings. The molecule has 2 rings (SSSR count). The number of aromatic nitrogens is 2. The minimum atomic E-state index is 0.159. The Morgan fingerprint density at radius 2 is 2.28 bits per heavy atom. The maximum atomic E-state index is 5.89. The number of aryl methyl sites for hydroxylation is 1. The van der Waals surface area contributed by atoms with Crippen molar-refractivity contribution >= 4 is 27.7 Å². The average molecular weight is 326 g/mol. The number of benzene rings is 1. The minimum Gasteiger partial charge on any atom is -0.329 e. The molecule has 0 fully saturated rings. The van der Waals surface area contributed by atoms with Gasteiger partial charge in [-0.3, -0.25) is 0 Å². The van der Waals surface area contributed by atoms with Gasteiger partial charge in [0.2, 0.25) is 0 Å². The molecule has 0 aliphatic rings. The lowest BCUT2D eigenvalue weighted by atomic mass is 10.1. The summed E-state index contributed by atoms with van der Waals surface area (Å²) in [4.78, 5) is 5.54. The lowest BCUT2D eigenvalue weighted by Crippen LogP contribution is -2.18. The summed E-state index contributed by atoms with van der Waals surface area (Å²) >= 11 is 5.18. The van der Waals surface area contributed by atoms with Crippen molar-refractivity contribution in [2.45, 2.75) is 29.4 Å². The predicted molar refractivity (Wildman–Crippen MR) is 78.8 cm³/mol. The van der Waals surface area contributed by atoms with Gasteiger partial charge in [0.1, 0.15) is 0 Å². The third-order valence-electron chi connectivity index (χ3n) is 2.55. The molecule has 0 aliphatic carbocycles. The molecule has 1 unspecified atom stereocenters. The van der Waals surface area contributed by atoms with Crippen LogP contribution in [0.2, 0.25) is 0 Å². The van der Waals surface area contributed by atoms with Crippen LogP contribution in [-0.4, -0.2) is 15.6 Å². The van der Waals surface area contributed by atoms with Gasteiger partial charge in [-0.15, -0.1) is 0 Å². The summed E-state index contributed by atoms with van der Waals surface area (Å²) in [6.07, 6.45) is 4.64. The van der Waals surface area contributed by atoms with Crippen LogP contribution in [0.5, 0.6) is 0 Å². The standard InChI is InChI=1S/C13H16BrN3S/c1-9(15)7-10-3-4-11(14)8-12(10)18-13-16-5-6-17(13)2/h3-6,8-9H,7,15H2,1-2H3. The van der Waals surface area contributed by atoms with E-state index in [4.69, 9.17) is 5.73 Å². The predicted octanol–water partition coefficient (Wildman–Crippen LogP) is 3.22. The van der Waals surface area contributed by atoms with Crippen molar-refractivity contribution < 1.29 is 0 Å².